The maximum absolute atomic E-state index is 5.44. The van der Waals surface area contributed by atoms with Gasteiger partial charge in [-0.15, -0.1) is 0 Å². The van der Waals surface area contributed by atoms with E-state index in [9.17, 15) is 0 Å². The van der Waals surface area contributed by atoms with Crippen LogP contribution in [0.4, 0.5) is 0 Å². The Bertz CT molecular complexity index is 591. The first-order chi connectivity index (χ1) is 8.79. The Morgan fingerprint density at radius 3 is 2.89 bits per heavy atom. The zero-order chi connectivity index (χ0) is 12.8. The third-order valence-electron chi connectivity index (χ3n) is 2.82. The van der Waals surface area contributed by atoms with Gasteiger partial charge in [-0.1, -0.05) is 17.9 Å². The molecule has 0 atom stereocenters. The van der Waals surface area contributed by atoms with E-state index < -0.39 is 0 Å². The predicted molar refractivity (Wildman–Crippen MR) is 76.3 cm³/mol. The van der Waals surface area contributed by atoms with Crippen molar-refractivity contribution in [1.82, 2.24) is 4.98 Å². The molecule has 1 heterocycles. The van der Waals surface area contributed by atoms with Gasteiger partial charge in [0.25, 0.3) is 0 Å². The van der Waals surface area contributed by atoms with Gasteiger partial charge in [0.1, 0.15) is 0 Å². The summed E-state index contributed by atoms with van der Waals surface area (Å²) < 4.78 is 0. The number of aromatic nitrogens is 1. The normalized spacial score (nSPS) is 10.1. The minimum absolute atomic E-state index is 0.753. The van der Waals surface area contributed by atoms with E-state index in [0.717, 1.165) is 48.0 Å². The molecule has 0 radical (unpaired) electrons. The molecule has 0 unspecified atom stereocenters. The maximum atomic E-state index is 5.44. The summed E-state index contributed by atoms with van der Waals surface area (Å²) in [5, 5.41) is 1.15. The highest BCUT2D eigenvalue weighted by Gasteiger charge is 1.96. The Morgan fingerprint density at radius 2 is 2.06 bits per heavy atom. The number of nitrogens with zero attached hydrogens (tertiary/aromatic N) is 1. The number of aryl methyl sites for hydroxylation is 1. The maximum Gasteiger partial charge on any atom is 0.0706 e. The Hall–Kier alpha value is -1.85. The summed E-state index contributed by atoms with van der Waals surface area (Å²) in [6.07, 6.45) is 3.05. The van der Waals surface area contributed by atoms with Crippen LogP contribution in [-0.4, -0.2) is 11.5 Å². The first-order valence-electron chi connectivity index (χ1n) is 6.36. The van der Waals surface area contributed by atoms with Gasteiger partial charge >= 0.3 is 0 Å². The summed E-state index contributed by atoms with van der Waals surface area (Å²) in [5.41, 5.74) is 8.57. The minimum Gasteiger partial charge on any atom is -0.330 e. The van der Waals surface area contributed by atoms with Crippen LogP contribution in [0.1, 0.15) is 30.5 Å². The fourth-order valence-corrected chi connectivity index (χ4v) is 1.83. The highest BCUT2D eigenvalue weighted by Crippen LogP contribution is 2.14. The van der Waals surface area contributed by atoms with E-state index in [1.165, 1.54) is 0 Å². The molecule has 2 heteroatoms. The van der Waals surface area contributed by atoms with E-state index in [-0.39, 0.29) is 0 Å². The SMILES string of the molecule is Cc1ccc2cc(C#CCCCCN)ccc2n1. The van der Waals surface area contributed by atoms with E-state index in [1.807, 2.05) is 25.1 Å². The van der Waals surface area contributed by atoms with Gasteiger partial charge in [-0.25, -0.2) is 0 Å². The second-order valence-corrected chi connectivity index (χ2v) is 4.41. The molecule has 0 bridgehead atoms. The lowest BCUT2D eigenvalue weighted by Gasteiger charge is -1.99. The van der Waals surface area contributed by atoms with Crippen LogP contribution in [-0.2, 0) is 0 Å². The molecule has 2 nitrogen and oxygen atoms in total. The summed E-state index contributed by atoms with van der Waals surface area (Å²) >= 11 is 0. The number of rotatable bonds is 3. The third-order valence-corrected chi connectivity index (χ3v) is 2.82. The molecule has 0 aliphatic carbocycles. The number of hydrogen-bond acceptors (Lipinski definition) is 2. The molecule has 0 saturated carbocycles. The fraction of sp³-hybridized carbons (Fsp3) is 0.312. The van der Waals surface area contributed by atoms with Crippen molar-refractivity contribution in [3.05, 3.63) is 41.6 Å². The van der Waals surface area contributed by atoms with E-state index in [0.29, 0.717) is 0 Å². The smallest absolute Gasteiger partial charge is 0.0706 e. The molecular weight excluding hydrogens is 220 g/mol. The molecule has 2 aromatic rings. The van der Waals surface area contributed by atoms with Gasteiger partial charge < -0.3 is 5.73 Å². The summed E-state index contributed by atoms with van der Waals surface area (Å²) in [5.74, 6) is 6.38. The average Bonchev–Trinajstić information content (AvgIpc) is 2.38. The number of pyridine rings is 1. The van der Waals surface area contributed by atoms with Crippen LogP contribution in [0.3, 0.4) is 0 Å². The second-order valence-electron chi connectivity index (χ2n) is 4.41. The van der Waals surface area contributed by atoms with Gasteiger partial charge in [0.15, 0.2) is 0 Å². The Morgan fingerprint density at radius 1 is 1.17 bits per heavy atom. The number of benzene rings is 1. The van der Waals surface area contributed by atoms with Crippen LogP contribution in [0.25, 0.3) is 10.9 Å². The molecule has 0 aliphatic heterocycles. The van der Waals surface area contributed by atoms with E-state index in [1.54, 1.807) is 0 Å². The Labute approximate surface area is 108 Å². The molecule has 1 aromatic heterocycles. The van der Waals surface area contributed by atoms with Crippen molar-refractivity contribution in [2.75, 3.05) is 6.54 Å². The highest BCUT2D eigenvalue weighted by atomic mass is 14.7. The van der Waals surface area contributed by atoms with Crippen molar-refractivity contribution in [2.24, 2.45) is 5.73 Å². The molecule has 92 valence electrons. The molecule has 0 spiro atoms. The molecule has 1 aromatic carbocycles. The van der Waals surface area contributed by atoms with Crippen molar-refractivity contribution < 1.29 is 0 Å². The van der Waals surface area contributed by atoms with Crippen LogP contribution in [0.2, 0.25) is 0 Å². The van der Waals surface area contributed by atoms with Crippen LogP contribution in [0, 0.1) is 18.8 Å². The van der Waals surface area contributed by atoms with E-state index in [4.69, 9.17) is 5.73 Å². The topological polar surface area (TPSA) is 38.9 Å². The van der Waals surface area contributed by atoms with Crippen LogP contribution in [0.15, 0.2) is 30.3 Å². The Balaban J connectivity index is 2.12. The van der Waals surface area contributed by atoms with Gasteiger partial charge in [-0.3, -0.25) is 4.98 Å². The molecular formula is C16H18N2. The largest absolute Gasteiger partial charge is 0.330 e. The van der Waals surface area contributed by atoms with Crippen LogP contribution in [0.5, 0.6) is 0 Å². The number of fused-ring (bicyclic) bond motifs is 1. The standard InChI is InChI=1S/C16H18N2/c1-13-7-9-15-12-14(8-10-16(15)18-13)6-4-2-3-5-11-17/h7-10,12H,2-3,5,11,17H2,1H3. The number of hydrogen-bond donors (Lipinski definition) is 1. The highest BCUT2D eigenvalue weighted by molar-refractivity contribution is 5.80. The van der Waals surface area contributed by atoms with Crippen molar-refractivity contribution in [1.29, 1.82) is 0 Å². The van der Waals surface area contributed by atoms with Crippen LogP contribution < -0.4 is 5.73 Å². The molecule has 0 amide bonds. The molecule has 18 heavy (non-hydrogen) atoms. The number of nitrogens with two attached hydrogens (primary N) is 1. The lowest BCUT2D eigenvalue weighted by Crippen LogP contribution is -1.96. The first kappa shape index (κ1) is 12.6. The molecule has 0 fully saturated rings. The van der Waals surface area contributed by atoms with Gasteiger partial charge in [-0.2, -0.15) is 0 Å². The molecule has 2 N–H and O–H groups in total. The quantitative estimate of drug-likeness (QED) is 0.659. The summed E-state index contributed by atoms with van der Waals surface area (Å²) in [4.78, 5) is 4.48. The Kier molecular flexibility index (Phi) is 4.33. The van der Waals surface area contributed by atoms with Gasteiger partial charge in [0.2, 0.25) is 0 Å². The monoisotopic (exact) mass is 238 g/mol. The zero-order valence-electron chi connectivity index (χ0n) is 10.7. The van der Waals surface area contributed by atoms with Gasteiger partial charge in [0, 0.05) is 23.1 Å². The average molecular weight is 238 g/mol. The molecule has 0 saturated heterocycles. The van der Waals surface area contributed by atoms with Crippen LogP contribution >= 0.6 is 0 Å². The zero-order valence-corrected chi connectivity index (χ0v) is 10.7. The van der Waals surface area contributed by atoms with Crippen molar-refractivity contribution >= 4 is 10.9 Å². The van der Waals surface area contributed by atoms with E-state index >= 15 is 0 Å². The van der Waals surface area contributed by atoms with Crippen molar-refractivity contribution in [3.8, 4) is 11.8 Å². The van der Waals surface area contributed by atoms with Gasteiger partial charge in [-0.05, 0) is 50.6 Å². The summed E-state index contributed by atoms with van der Waals surface area (Å²) in [7, 11) is 0. The minimum atomic E-state index is 0.753. The first-order valence-corrected chi connectivity index (χ1v) is 6.36. The molecule has 0 aliphatic rings. The lowest BCUT2D eigenvalue weighted by molar-refractivity contribution is 0.768. The summed E-state index contributed by atoms with van der Waals surface area (Å²) in [6.45, 7) is 2.76. The van der Waals surface area contributed by atoms with Gasteiger partial charge in [0.05, 0.1) is 5.52 Å². The van der Waals surface area contributed by atoms with Crippen molar-refractivity contribution in [2.45, 2.75) is 26.2 Å². The summed E-state index contributed by atoms with van der Waals surface area (Å²) in [6, 6.07) is 10.3. The van der Waals surface area contributed by atoms with Crippen molar-refractivity contribution in [3.63, 3.8) is 0 Å². The number of unbranched alkanes of at least 4 members (excludes halogenated alkanes) is 2. The van der Waals surface area contributed by atoms with E-state index in [2.05, 4.69) is 29.0 Å². The fourth-order valence-electron chi connectivity index (χ4n) is 1.83. The molecule has 2 rings (SSSR count). The predicted octanol–water partition coefficient (Wildman–Crippen LogP) is 3.02. The third kappa shape index (κ3) is 3.32. The lowest BCUT2D eigenvalue weighted by atomic mass is 10.1. The second kappa shape index (κ2) is 6.18.